The summed E-state index contributed by atoms with van der Waals surface area (Å²) in [5, 5.41) is 0. The van der Waals surface area contributed by atoms with E-state index in [0.29, 0.717) is 6.04 Å². The van der Waals surface area contributed by atoms with Crippen molar-refractivity contribution >= 4 is 5.97 Å². The van der Waals surface area contributed by atoms with E-state index in [1.807, 2.05) is 0 Å². The Labute approximate surface area is 145 Å². The van der Waals surface area contributed by atoms with Crippen molar-refractivity contribution in [1.29, 1.82) is 0 Å². The normalized spacial score (nSPS) is 33.9. The van der Waals surface area contributed by atoms with Crippen LogP contribution in [0.1, 0.15) is 24.8 Å². The quantitative estimate of drug-likeness (QED) is 0.580. The van der Waals surface area contributed by atoms with E-state index < -0.39 is 11.6 Å². The largest absolute Gasteiger partial charge is 0.469 e. The van der Waals surface area contributed by atoms with Crippen LogP contribution < -0.4 is 0 Å². The minimum atomic E-state index is -0.662. The van der Waals surface area contributed by atoms with Crippen molar-refractivity contribution in [1.82, 2.24) is 4.90 Å². The molecule has 0 amide bonds. The van der Waals surface area contributed by atoms with Gasteiger partial charge < -0.3 is 4.74 Å². The standard InChI is InChI=1S/C20H19F2NO2/c1-25-20(24)19-15-10-13-8-9-18(19)23(13)11-12(15)4-2-5-14-16(21)6-3-7-17(14)22/h3-4,6-7,13,15,18-19H,8-11H2,1H3/b12-4+/t13-,15+,18+,19-/m0/s1. The number of carbonyl (C=O) groups is 1. The van der Waals surface area contributed by atoms with Gasteiger partial charge in [-0.15, -0.1) is 0 Å². The molecule has 0 saturated carbocycles. The molecule has 0 spiro atoms. The fourth-order valence-corrected chi connectivity index (χ4v) is 4.70. The second-order valence-corrected chi connectivity index (χ2v) is 6.95. The highest BCUT2D eigenvalue weighted by molar-refractivity contribution is 5.75. The van der Waals surface area contributed by atoms with Gasteiger partial charge in [0.25, 0.3) is 0 Å². The van der Waals surface area contributed by atoms with Crippen LogP contribution in [0.4, 0.5) is 8.78 Å². The number of benzene rings is 1. The average Bonchev–Trinajstić information content (AvgIpc) is 2.92. The number of nitrogens with zero attached hydrogens (tertiary/aromatic N) is 1. The molecule has 130 valence electrons. The lowest BCUT2D eigenvalue weighted by atomic mass is 9.71. The number of ether oxygens (including phenoxy) is 1. The lowest BCUT2D eigenvalue weighted by molar-refractivity contribution is -0.153. The van der Waals surface area contributed by atoms with Crippen LogP contribution in [0.15, 0.2) is 29.8 Å². The Balaban J connectivity index is 1.63. The maximum atomic E-state index is 13.7. The van der Waals surface area contributed by atoms with E-state index in [1.165, 1.54) is 25.3 Å². The highest BCUT2D eigenvalue weighted by Gasteiger charge is 2.55. The van der Waals surface area contributed by atoms with Gasteiger partial charge in [0.15, 0.2) is 0 Å². The van der Waals surface area contributed by atoms with E-state index in [1.54, 1.807) is 6.08 Å². The molecule has 0 aromatic heterocycles. The molecule has 4 aliphatic rings. The summed E-state index contributed by atoms with van der Waals surface area (Å²) in [7, 11) is 1.43. The van der Waals surface area contributed by atoms with Crippen molar-refractivity contribution in [2.45, 2.75) is 31.3 Å². The van der Waals surface area contributed by atoms with E-state index in [-0.39, 0.29) is 29.4 Å². The average molecular weight is 343 g/mol. The Bertz CT molecular complexity index is 787. The number of fused-ring (bicyclic) bond motifs is 1. The molecule has 4 fully saturated rings. The van der Waals surface area contributed by atoms with E-state index >= 15 is 0 Å². The van der Waals surface area contributed by atoms with Crippen LogP contribution in [0.5, 0.6) is 0 Å². The first-order valence-electron chi connectivity index (χ1n) is 8.58. The fraction of sp³-hybridized carbons (Fsp3) is 0.450. The number of allylic oxidation sites excluding steroid dienone is 1. The van der Waals surface area contributed by atoms with Crippen LogP contribution in [-0.4, -0.2) is 36.6 Å². The number of methoxy groups -OCH3 is 1. The van der Waals surface area contributed by atoms with Crippen LogP contribution in [-0.2, 0) is 9.53 Å². The molecule has 4 saturated heterocycles. The molecule has 0 N–H and O–H groups in total. The molecule has 5 atom stereocenters. The number of rotatable bonds is 1. The Kier molecular flexibility index (Phi) is 4.09. The van der Waals surface area contributed by atoms with Gasteiger partial charge in [-0.1, -0.05) is 17.9 Å². The van der Waals surface area contributed by atoms with E-state index in [4.69, 9.17) is 4.74 Å². The highest BCUT2D eigenvalue weighted by atomic mass is 19.1. The highest BCUT2D eigenvalue weighted by Crippen LogP contribution is 2.50. The molecular weight excluding hydrogens is 324 g/mol. The Morgan fingerprint density at radius 3 is 2.80 bits per heavy atom. The minimum absolute atomic E-state index is 0.120. The molecule has 1 aromatic carbocycles. The van der Waals surface area contributed by atoms with Crippen molar-refractivity contribution in [2.24, 2.45) is 11.8 Å². The summed E-state index contributed by atoms with van der Waals surface area (Å²) in [5.74, 6) is 3.84. The fourth-order valence-electron chi connectivity index (χ4n) is 4.70. The maximum absolute atomic E-state index is 13.7. The first-order chi connectivity index (χ1) is 12.1. The third-order valence-electron chi connectivity index (χ3n) is 5.80. The second-order valence-electron chi connectivity index (χ2n) is 6.95. The maximum Gasteiger partial charge on any atom is 0.310 e. The molecule has 4 aliphatic heterocycles. The molecule has 4 bridgehead atoms. The molecule has 0 radical (unpaired) electrons. The van der Waals surface area contributed by atoms with Gasteiger partial charge in [0.2, 0.25) is 0 Å². The lowest BCUT2D eigenvalue weighted by Crippen LogP contribution is -2.58. The minimum Gasteiger partial charge on any atom is -0.469 e. The first-order valence-corrected chi connectivity index (χ1v) is 8.58. The molecule has 25 heavy (non-hydrogen) atoms. The molecule has 5 heteroatoms. The molecular formula is C20H19F2NO2. The van der Waals surface area contributed by atoms with Gasteiger partial charge in [-0.2, -0.15) is 0 Å². The van der Waals surface area contributed by atoms with Crippen LogP contribution in [0.25, 0.3) is 0 Å². The Morgan fingerprint density at radius 2 is 2.08 bits per heavy atom. The van der Waals surface area contributed by atoms with Crippen LogP contribution in [0.2, 0.25) is 0 Å². The van der Waals surface area contributed by atoms with Crippen molar-refractivity contribution in [2.75, 3.05) is 13.7 Å². The molecule has 4 heterocycles. The van der Waals surface area contributed by atoms with Crippen molar-refractivity contribution in [3.63, 3.8) is 0 Å². The molecule has 3 nitrogen and oxygen atoms in total. The number of esters is 1. The summed E-state index contributed by atoms with van der Waals surface area (Å²) in [6, 6.07) is 4.49. The summed E-state index contributed by atoms with van der Waals surface area (Å²) in [5.41, 5.74) is 0.847. The van der Waals surface area contributed by atoms with Crippen molar-refractivity contribution < 1.29 is 18.3 Å². The smallest absolute Gasteiger partial charge is 0.310 e. The van der Waals surface area contributed by atoms with Crippen LogP contribution in [0.3, 0.4) is 0 Å². The predicted molar refractivity (Wildman–Crippen MR) is 88.4 cm³/mol. The summed E-state index contributed by atoms with van der Waals surface area (Å²) in [6.07, 6.45) is 4.81. The zero-order valence-corrected chi connectivity index (χ0v) is 14.0. The molecule has 1 aromatic rings. The summed E-state index contributed by atoms with van der Waals surface area (Å²) in [4.78, 5) is 14.6. The van der Waals surface area contributed by atoms with E-state index in [2.05, 4.69) is 16.7 Å². The van der Waals surface area contributed by atoms with Gasteiger partial charge >= 0.3 is 5.97 Å². The summed E-state index contributed by atoms with van der Waals surface area (Å²) in [6.45, 7) is 0.780. The summed E-state index contributed by atoms with van der Waals surface area (Å²) < 4.78 is 32.3. The Morgan fingerprint density at radius 1 is 1.32 bits per heavy atom. The second kappa shape index (κ2) is 6.27. The third kappa shape index (κ3) is 2.65. The monoisotopic (exact) mass is 343 g/mol. The number of carbonyl (C=O) groups excluding carboxylic acids is 1. The zero-order chi connectivity index (χ0) is 17.6. The molecule has 5 rings (SSSR count). The first kappa shape index (κ1) is 16.3. The van der Waals surface area contributed by atoms with Crippen molar-refractivity contribution in [3.05, 3.63) is 47.0 Å². The van der Waals surface area contributed by atoms with Gasteiger partial charge in [-0.05, 0) is 49.0 Å². The Hall–Kier alpha value is -2.19. The summed E-state index contributed by atoms with van der Waals surface area (Å²) >= 11 is 0. The topological polar surface area (TPSA) is 29.5 Å². The number of hydrogen-bond donors (Lipinski definition) is 0. The number of hydrogen-bond acceptors (Lipinski definition) is 3. The SMILES string of the molecule is COC(=O)[C@H]1[C@@H]2C[C@@H]3CC[C@H]1N3C/C2=C\C#Cc1c(F)cccc1F. The lowest BCUT2D eigenvalue weighted by Gasteiger charge is -2.50. The number of piperidine rings is 3. The predicted octanol–water partition coefficient (Wildman–Crippen LogP) is 2.90. The molecule has 1 unspecified atom stereocenters. The van der Waals surface area contributed by atoms with Crippen LogP contribution in [0, 0.1) is 35.3 Å². The zero-order valence-electron chi connectivity index (χ0n) is 14.0. The van der Waals surface area contributed by atoms with Gasteiger partial charge in [0.1, 0.15) is 11.6 Å². The van der Waals surface area contributed by atoms with E-state index in [0.717, 1.165) is 31.4 Å². The third-order valence-corrected chi connectivity index (χ3v) is 5.80. The van der Waals surface area contributed by atoms with Gasteiger partial charge in [-0.3, -0.25) is 9.69 Å². The van der Waals surface area contributed by atoms with Crippen molar-refractivity contribution in [3.8, 4) is 11.8 Å². The van der Waals surface area contributed by atoms with Gasteiger partial charge in [-0.25, -0.2) is 8.78 Å². The van der Waals surface area contributed by atoms with Gasteiger partial charge in [0.05, 0.1) is 18.6 Å². The van der Waals surface area contributed by atoms with Crippen LogP contribution >= 0.6 is 0 Å². The number of halogens is 2. The van der Waals surface area contributed by atoms with Gasteiger partial charge in [0, 0.05) is 18.6 Å². The molecule has 0 aliphatic carbocycles. The van der Waals surface area contributed by atoms with E-state index in [9.17, 15) is 13.6 Å².